The Morgan fingerprint density at radius 3 is 2.62 bits per heavy atom. The summed E-state index contributed by atoms with van der Waals surface area (Å²) in [6.07, 6.45) is 5.52. The Morgan fingerprint density at radius 1 is 1.38 bits per heavy atom. The lowest BCUT2D eigenvalue weighted by atomic mass is 9.80. The Hall–Kier alpha value is -1.36. The second-order valence-electron chi connectivity index (χ2n) is 4.46. The van der Waals surface area contributed by atoms with Crippen molar-refractivity contribution in [1.29, 1.82) is 0 Å². The minimum absolute atomic E-state index is 0.466. The molecule has 1 aromatic heterocycles. The zero-order valence-corrected chi connectivity index (χ0v) is 9.83. The topological polar surface area (TPSA) is 75.9 Å². The van der Waals surface area contributed by atoms with E-state index in [1.165, 1.54) is 25.6 Å². The molecule has 1 aromatic rings. The summed E-state index contributed by atoms with van der Waals surface area (Å²) < 4.78 is 0. The molecule has 5 nitrogen and oxygen atoms in total. The Morgan fingerprint density at radius 2 is 2.06 bits per heavy atom. The predicted octanol–water partition coefficient (Wildman–Crippen LogP) is 1.67. The first kappa shape index (κ1) is 11.1. The van der Waals surface area contributed by atoms with Crippen LogP contribution < -0.4 is 16.6 Å². The lowest BCUT2D eigenvalue weighted by Gasteiger charge is -2.32. The Balaban J connectivity index is 2.08. The van der Waals surface area contributed by atoms with Crippen molar-refractivity contribution >= 4 is 11.6 Å². The molecular weight excluding hydrogens is 202 g/mol. The van der Waals surface area contributed by atoms with Gasteiger partial charge in [-0.25, -0.2) is 15.8 Å². The normalized spacial score (nSPS) is 17.7. The molecule has 1 fully saturated rings. The van der Waals surface area contributed by atoms with E-state index >= 15 is 0 Å². The van der Waals surface area contributed by atoms with Crippen molar-refractivity contribution in [2.24, 2.45) is 11.8 Å². The number of anilines is 2. The highest BCUT2D eigenvalue weighted by molar-refractivity contribution is 5.56. The molecule has 0 amide bonds. The molecule has 0 radical (unpaired) electrons. The summed E-state index contributed by atoms with van der Waals surface area (Å²) in [5.74, 6) is 7.72. The van der Waals surface area contributed by atoms with Gasteiger partial charge in [0.2, 0.25) is 0 Å². The third-order valence-corrected chi connectivity index (χ3v) is 3.44. The molecule has 1 saturated carbocycles. The van der Waals surface area contributed by atoms with Gasteiger partial charge in [-0.1, -0.05) is 6.42 Å². The van der Waals surface area contributed by atoms with Crippen LogP contribution in [0.15, 0.2) is 6.33 Å². The maximum atomic E-state index is 5.38. The van der Waals surface area contributed by atoms with Crippen molar-refractivity contribution in [1.82, 2.24) is 9.97 Å². The first-order chi connectivity index (χ1) is 7.72. The van der Waals surface area contributed by atoms with Crippen LogP contribution in [0.4, 0.5) is 11.6 Å². The number of hydrogen-bond acceptors (Lipinski definition) is 5. The summed E-state index contributed by atoms with van der Waals surface area (Å²) in [7, 11) is 0. The van der Waals surface area contributed by atoms with Crippen LogP contribution >= 0.6 is 0 Å². The lowest BCUT2D eigenvalue weighted by Crippen LogP contribution is -2.31. The van der Waals surface area contributed by atoms with Crippen LogP contribution in [0.25, 0.3) is 0 Å². The summed E-state index contributed by atoms with van der Waals surface area (Å²) in [6, 6.07) is 0.466. The van der Waals surface area contributed by atoms with Crippen LogP contribution in [0.2, 0.25) is 0 Å². The van der Waals surface area contributed by atoms with Crippen LogP contribution in [0.1, 0.15) is 31.7 Å². The molecule has 1 unspecified atom stereocenters. The fourth-order valence-corrected chi connectivity index (χ4v) is 2.01. The average Bonchev–Trinajstić information content (AvgIpc) is 2.18. The number of rotatable bonds is 4. The van der Waals surface area contributed by atoms with E-state index in [1.54, 1.807) is 0 Å². The number of aromatic nitrogens is 2. The van der Waals surface area contributed by atoms with Crippen LogP contribution in [0.5, 0.6) is 0 Å². The first-order valence-electron chi connectivity index (χ1n) is 5.77. The van der Waals surface area contributed by atoms with Gasteiger partial charge in [0.05, 0.1) is 0 Å². The smallest absolute Gasteiger partial charge is 0.148 e. The first-order valence-corrected chi connectivity index (χ1v) is 5.77. The predicted molar refractivity (Wildman–Crippen MR) is 65.0 cm³/mol. The van der Waals surface area contributed by atoms with Crippen molar-refractivity contribution in [3.05, 3.63) is 11.9 Å². The van der Waals surface area contributed by atoms with Gasteiger partial charge in [-0.2, -0.15) is 0 Å². The molecule has 4 N–H and O–H groups in total. The minimum Gasteiger partial charge on any atom is -0.367 e. The van der Waals surface area contributed by atoms with Gasteiger partial charge in [-0.15, -0.1) is 0 Å². The largest absolute Gasteiger partial charge is 0.367 e. The zero-order valence-electron chi connectivity index (χ0n) is 9.83. The van der Waals surface area contributed by atoms with Gasteiger partial charge in [0.1, 0.15) is 18.0 Å². The number of hydrogen-bond donors (Lipinski definition) is 3. The number of nitrogen functional groups attached to an aromatic ring is 1. The lowest BCUT2D eigenvalue weighted by molar-refractivity contribution is 0.285. The number of nitrogens with zero attached hydrogens (tertiary/aromatic N) is 2. The second-order valence-corrected chi connectivity index (χ2v) is 4.46. The van der Waals surface area contributed by atoms with Crippen LogP contribution in [-0.2, 0) is 0 Å². The van der Waals surface area contributed by atoms with Gasteiger partial charge in [-0.3, -0.25) is 0 Å². The third-order valence-electron chi connectivity index (χ3n) is 3.44. The monoisotopic (exact) mass is 221 g/mol. The summed E-state index contributed by atoms with van der Waals surface area (Å²) in [6.45, 7) is 4.17. The Bertz CT molecular complexity index is 361. The van der Waals surface area contributed by atoms with E-state index in [4.69, 9.17) is 5.84 Å². The van der Waals surface area contributed by atoms with E-state index in [2.05, 4.69) is 27.6 Å². The standard InChI is InChI=1S/C11H19N5/c1-7-10(13-6-14-11(7)16-12)15-8(2)9-4-3-5-9/h6,8-9H,3-5,12H2,1-2H3,(H2,13,14,15,16). The Labute approximate surface area is 95.8 Å². The second kappa shape index (κ2) is 4.65. The van der Waals surface area contributed by atoms with E-state index in [1.807, 2.05) is 6.92 Å². The SMILES string of the molecule is Cc1c(NN)ncnc1NC(C)C1CCC1. The van der Waals surface area contributed by atoms with Crippen molar-refractivity contribution in [2.45, 2.75) is 39.2 Å². The van der Waals surface area contributed by atoms with Crippen molar-refractivity contribution in [3.63, 3.8) is 0 Å². The number of hydrazine groups is 1. The Kier molecular flexibility index (Phi) is 3.24. The van der Waals surface area contributed by atoms with E-state index in [0.29, 0.717) is 11.9 Å². The molecular formula is C11H19N5. The highest BCUT2D eigenvalue weighted by Gasteiger charge is 2.24. The molecule has 0 aromatic carbocycles. The zero-order chi connectivity index (χ0) is 11.5. The van der Waals surface area contributed by atoms with Gasteiger partial charge in [-0.05, 0) is 32.6 Å². The summed E-state index contributed by atoms with van der Waals surface area (Å²) in [5.41, 5.74) is 3.54. The van der Waals surface area contributed by atoms with Crippen LogP contribution in [0, 0.1) is 12.8 Å². The molecule has 88 valence electrons. The molecule has 0 saturated heterocycles. The maximum absolute atomic E-state index is 5.38. The maximum Gasteiger partial charge on any atom is 0.148 e. The third kappa shape index (κ3) is 2.09. The average molecular weight is 221 g/mol. The van der Waals surface area contributed by atoms with E-state index in [0.717, 1.165) is 17.3 Å². The van der Waals surface area contributed by atoms with Gasteiger partial charge in [0, 0.05) is 11.6 Å². The minimum atomic E-state index is 0.466. The molecule has 1 heterocycles. The highest BCUT2D eigenvalue weighted by atomic mass is 15.3. The van der Waals surface area contributed by atoms with E-state index in [9.17, 15) is 0 Å². The summed E-state index contributed by atoms with van der Waals surface area (Å²) in [5, 5.41) is 3.44. The fraction of sp³-hybridized carbons (Fsp3) is 0.636. The van der Waals surface area contributed by atoms with Gasteiger partial charge < -0.3 is 10.7 Å². The van der Waals surface area contributed by atoms with E-state index < -0.39 is 0 Å². The molecule has 1 aliphatic rings. The molecule has 1 aliphatic carbocycles. The summed E-state index contributed by atoms with van der Waals surface area (Å²) >= 11 is 0. The number of nitrogens with two attached hydrogens (primary N) is 1. The van der Waals surface area contributed by atoms with E-state index in [-0.39, 0.29) is 0 Å². The van der Waals surface area contributed by atoms with Crippen LogP contribution in [-0.4, -0.2) is 16.0 Å². The van der Waals surface area contributed by atoms with Crippen molar-refractivity contribution < 1.29 is 0 Å². The van der Waals surface area contributed by atoms with Gasteiger partial charge in [0.25, 0.3) is 0 Å². The van der Waals surface area contributed by atoms with Crippen molar-refractivity contribution in [3.8, 4) is 0 Å². The quantitative estimate of drug-likeness (QED) is 0.532. The molecule has 2 rings (SSSR count). The van der Waals surface area contributed by atoms with Gasteiger partial charge in [0.15, 0.2) is 0 Å². The van der Waals surface area contributed by atoms with Crippen LogP contribution in [0.3, 0.4) is 0 Å². The summed E-state index contributed by atoms with van der Waals surface area (Å²) in [4.78, 5) is 8.31. The molecule has 1 atom stereocenters. The molecule has 5 heteroatoms. The molecule has 0 aliphatic heterocycles. The number of nitrogens with one attached hydrogen (secondary N) is 2. The van der Waals surface area contributed by atoms with Gasteiger partial charge >= 0.3 is 0 Å². The van der Waals surface area contributed by atoms with Crippen molar-refractivity contribution in [2.75, 3.05) is 10.7 Å². The molecule has 0 spiro atoms. The highest BCUT2D eigenvalue weighted by Crippen LogP contribution is 2.31. The molecule has 0 bridgehead atoms. The molecule has 16 heavy (non-hydrogen) atoms. The fourth-order valence-electron chi connectivity index (χ4n) is 2.01.